The summed E-state index contributed by atoms with van der Waals surface area (Å²) in [6.45, 7) is 13.9. The fourth-order valence-electron chi connectivity index (χ4n) is 3.00. The molecule has 0 fully saturated rings. The lowest BCUT2D eigenvalue weighted by atomic mass is 9.90. The van der Waals surface area contributed by atoms with Crippen LogP contribution in [0.5, 0.6) is 0 Å². The molecule has 1 aromatic carbocycles. The van der Waals surface area contributed by atoms with Crippen LogP contribution in [0.15, 0.2) is 35.4 Å². The lowest BCUT2D eigenvalue weighted by molar-refractivity contribution is 0.276. The Morgan fingerprint density at radius 3 is 2.78 bits per heavy atom. The molecule has 1 atom stereocenters. The molecule has 124 valence electrons. The van der Waals surface area contributed by atoms with Crippen LogP contribution in [0, 0.1) is 16.7 Å². The van der Waals surface area contributed by atoms with Crippen molar-refractivity contribution in [3.05, 3.63) is 41.6 Å². The van der Waals surface area contributed by atoms with E-state index in [0.717, 1.165) is 30.0 Å². The molecule has 23 heavy (non-hydrogen) atoms. The lowest BCUT2D eigenvalue weighted by Crippen LogP contribution is -2.23. The molecule has 1 aliphatic heterocycles. The van der Waals surface area contributed by atoms with E-state index in [1.807, 2.05) is 11.8 Å². The van der Waals surface area contributed by atoms with Crippen molar-refractivity contribution in [2.75, 3.05) is 5.75 Å². The quantitative estimate of drug-likeness (QED) is 0.480. The summed E-state index contributed by atoms with van der Waals surface area (Å²) in [5.41, 5.74) is 3.70. The first-order valence-electron chi connectivity index (χ1n) is 8.45. The Balaban J connectivity index is 2.15. The number of hydrogen-bond donors (Lipinski definition) is 0. The molecule has 0 saturated heterocycles. The second kappa shape index (κ2) is 7.45. The molecule has 0 bridgehead atoms. The third-order valence-corrected chi connectivity index (χ3v) is 5.17. The van der Waals surface area contributed by atoms with Crippen molar-refractivity contribution in [1.29, 1.82) is 5.26 Å². The molecular weight excluding hydrogens is 300 g/mol. The summed E-state index contributed by atoms with van der Waals surface area (Å²) in [7, 11) is 0. The number of allylic oxidation sites excluding steroid dienone is 1. The average Bonchev–Trinajstić information content (AvgIpc) is 2.83. The molecule has 0 radical (unpaired) electrons. The molecule has 1 heterocycles. The number of fused-ring (bicyclic) bond motifs is 1. The number of thioether (sulfide) groups is 1. The maximum Gasteiger partial charge on any atom is 0.143 e. The summed E-state index contributed by atoms with van der Waals surface area (Å²) in [6.07, 6.45) is 3.39. The fourth-order valence-corrected chi connectivity index (χ4v) is 4.06. The van der Waals surface area contributed by atoms with E-state index < -0.39 is 0 Å². The highest BCUT2D eigenvalue weighted by molar-refractivity contribution is 7.99. The van der Waals surface area contributed by atoms with Crippen LogP contribution in [0.3, 0.4) is 0 Å². The van der Waals surface area contributed by atoms with E-state index in [9.17, 15) is 5.26 Å². The van der Waals surface area contributed by atoms with Gasteiger partial charge in [-0.25, -0.2) is 0 Å². The topological polar surface area (TPSA) is 27.0 Å². The normalized spacial score (nSPS) is 17.0. The summed E-state index contributed by atoms with van der Waals surface area (Å²) < 4.78 is 0. The van der Waals surface area contributed by atoms with Crippen LogP contribution >= 0.6 is 11.8 Å². The smallest absolute Gasteiger partial charge is 0.143 e. The Labute approximate surface area is 145 Å². The van der Waals surface area contributed by atoms with E-state index in [-0.39, 0.29) is 11.5 Å². The van der Waals surface area contributed by atoms with Crippen molar-refractivity contribution in [3.63, 3.8) is 0 Å². The van der Waals surface area contributed by atoms with E-state index >= 15 is 0 Å². The van der Waals surface area contributed by atoms with E-state index in [1.54, 1.807) is 0 Å². The van der Waals surface area contributed by atoms with Gasteiger partial charge in [0.15, 0.2) is 0 Å². The van der Waals surface area contributed by atoms with Gasteiger partial charge in [-0.1, -0.05) is 46.8 Å². The predicted molar refractivity (Wildman–Crippen MR) is 99.2 cm³/mol. The van der Waals surface area contributed by atoms with Gasteiger partial charge in [-0.2, -0.15) is 5.26 Å². The average molecular weight is 329 g/mol. The lowest BCUT2D eigenvalue weighted by Gasteiger charge is -2.29. The molecule has 0 amide bonds. The zero-order valence-electron chi connectivity index (χ0n) is 14.9. The number of hydrogen-bond acceptors (Lipinski definition) is 3. The van der Waals surface area contributed by atoms with Crippen LogP contribution in [0.4, 0.5) is 0 Å². The van der Waals surface area contributed by atoms with Crippen molar-refractivity contribution in [1.82, 2.24) is 4.90 Å². The van der Waals surface area contributed by atoms with Gasteiger partial charge in [-0.3, -0.25) is 0 Å². The second-order valence-corrected chi connectivity index (χ2v) is 8.69. The molecule has 3 heteroatoms. The first-order chi connectivity index (χ1) is 10.9. The summed E-state index contributed by atoms with van der Waals surface area (Å²) >= 11 is 1.92. The van der Waals surface area contributed by atoms with Crippen LogP contribution in [-0.4, -0.2) is 10.7 Å². The number of nitrogens with zero attached hydrogens (tertiary/aromatic N) is 2. The first kappa shape index (κ1) is 17.9. The van der Waals surface area contributed by atoms with Gasteiger partial charge in [0.1, 0.15) is 6.04 Å². The molecule has 0 saturated carbocycles. The molecule has 1 aliphatic rings. The summed E-state index contributed by atoms with van der Waals surface area (Å²) in [6, 6.07) is 8.86. The van der Waals surface area contributed by atoms with Gasteiger partial charge in [-0.15, -0.1) is 11.8 Å². The van der Waals surface area contributed by atoms with Gasteiger partial charge >= 0.3 is 0 Å². The Kier molecular flexibility index (Phi) is 5.81. The number of rotatable bonds is 6. The van der Waals surface area contributed by atoms with Crippen LogP contribution in [0.1, 0.15) is 64.1 Å². The minimum absolute atomic E-state index is 0.186. The Bertz CT molecular complexity index is 607. The van der Waals surface area contributed by atoms with Crippen LogP contribution in [-0.2, 0) is 6.54 Å². The SMILES string of the molecule is C=C(CC(C)(C)C)N1Cc2cc(SCCCC)ccc2C1C#N. The second-order valence-electron chi connectivity index (χ2n) is 7.53. The molecule has 0 aromatic heterocycles. The van der Waals surface area contributed by atoms with Crippen molar-refractivity contribution in [3.8, 4) is 6.07 Å². The van der Waals surface area contributed by atoms with Gasteiger partial charge in [-0.05, 0) is 47.3 Å². The van der Waals surface area contributed by atoms with E-state index in [1.165, 1.54) is 23.3 Å². The summed E-state index contributed by atoms with van der Waals surface area (Å²) in [4.78, 5) is 3.49. The summed E-state index contributed by atoms with van der Waals surface area (Å²) in [5, 5.41) is 9.64. The van der Waals surface area contributed by atoms with E-state index in [4.69, 9.17) is 0 Å². The minimum Gasteiger partial charge on any atom is -0.352 e. The van der Waals surface area contributed by atoms with Gasteiger partial charge in [0, 0.05) is 17.1 Å². The molecule has 0 spiro atoms. The molecule has 0 aliphatic carbocycles. The maximum atomic E-state index is 9.64. The monoisotopic (exact) mass is 328 g/mol. The Hall–Kier alpha value is -1.40. The van der Waals surface area contributed by atoms with Gasteiger partial charge in [0.05, 0.1) is 6.07 Å². The van der Waals surface area contributed by atoms with Crippen molar-refractivity contribution in [2.45, 2.75) is 64.4 Å². The van der Waals surface area contributed by atoms with E-state index in [2.05, 4.69) is 63.4 Å². The minimum atomic E-state index is -0.186. The maximum absolute atomic E-state index is 9.64. The third kappa shape index (κ3) is 4.54. The van der Waals surface area contributed by atoms with Crippen LogP contribution < -0.4 is 0 Å². The molecular formula is C20H28N2S. The Morgan fingerprint density at radius 2 is 2.17 bits per heavy atom. The highest BCUT2D eigenvalue weighted by atomic mass is 32.2. The molecule has 0 N–H and O–H groups in total. The predicted octanol–water partition coefficient (Wildman–Crippen LogP) is 5.91. The Morgan fingerprint density at radius 1 is 1.43 bits per heavy atom. The van der Waals surface area contributed by atoms with Crippen molar-refractivity contribution in [2.24, 2.45) is 5.41 Å². The standard InChI is InChI=1S/C20H28N2S/c1-6-7-10-23-17-8-9-18-16(11-17)14-22(19(18)13-21)15(2)12-20(3,4)5/h8-9,11,19H,2,6-7,10,12,14H2,1,3-5H3. The first-order valence-corrected chi connectivity index (χ1v) is 9.44. The third-order valence-electron chi connectivity index (χ3n) is 4.09. The molecule has 1 aromatic rings. The zero-order valence-corrected chi connectivity index (χ0v) is 15.7. The number of benzene rings is 1. The molecule has 2 nitrogen and oxygen atoms in total. The van der Waals surface area contributed by atoms with E-state index in [0.29, 0.717) is 0 Å². The van der Waals surface area contributed by atoms with Crippen molar-refractivity contribution >= 4 is 11.8 Å². The van der Waals surface area contributed by atoms with Gasteiger partial charge in [0.2, 0.25) is 0 Å². The highest BCUT2D eigenvalue weighted by Gasteiger charge is 2.32. The van der Waals surface area contributed by atoms with Crippen LogP contribution in [0.2, 0.25) is 0 Å². The number of nitriles is 1. The summed E-state index contributed by atoms with van der Waals surface area (Å²) in [5.74, 6) is 1.16. The highest BCUT2D eigenvalue weighted by Crippen LogP contribution is 2.40. The molecule has 2 rings (SSSR count). The number of unbranched alkanes of at least 4 members (excludes halogenated alkanes) is 1. The van der Waals surface area contributed by atoms with Crippen LogP contribution in [0.25, 0.3) is 0 Å². The fraction of sp³-hybridized carbons (Fsp3) is 0.550. The van der Waals surface area contributed by atoms with Crippen molar-refractivity contribution < 1.29 is 0 Å². The largest absolute Gasteiger partial charge is 0.352 e. The van der Waals surface area contributed by atoms with Gasteiger partial charge < -0.3 is 4.90 Å². The van der Waals surface area contributed by atoms with Gasteiger partial charge in [0.25, 0.3) is 0 Å². The molecule has 1 unspecified atom stereocenters. The zero-order chi connectivity index (χ0) is 17.0.